The lowest BCUT2D eigenvalue weighted by Crippen LogP contribution is -2.61. The zero-order valence-electron chi connectivity index (χ0n) is 12.6. The highest BCUT2D eigenvalue weighted by atomic mass is 16.5. The van der Waals surface area contributed by atoms with Gasteiger partial charge >= 0.3 is 5.97 Å². The Morgan fingerprint density at radius 3 is 2.62 bits per heavy atom. The lowest BCUT2D eigenvalue weighted by atomic mass is 9.95. The molecule has 0 atom stereocenters. The molecule has 1 aromatic rings. The topological polar surface area (TPSA) is 68.2 Å². The van der Waals surface area contributed by atoms with Crippen LogP contribution in [-0.2, 0) is 16.1 Å². The van der Waals surface area contributed by atoms with E-state index in [4.69, 9.17) is 19.3 Å². The van der Waals surface area contributed by atoms with Crippen molar-refractivity contribution in [2.45, 2.75) is 19.1 Å². The van der Waals surface area contributed by atoms with Crippen LogP contribution in [0.5, 0.6) is 11.5 Å². The number of nitrogens with zero attached hydrogens (tertiary/aromatic N) is 1. The van der Waals surface area contributed by atoms with E-state index in [0.717, 1.165) is 17.1 Å². The second-order valence-electron chi connectivity index (χ2n) is 5.46. The number of rotatable bonds is 7. The molecule has 6 heteroatoms. The van der Waals surface area contributed by atoms with Crippen LogP contribution in [0.25, 0.3) is 0 Å². The average Bonchev–Trinajstić information content (AvgIpc) is 2.43. The van der Waals surface area contributed by atoms with Crippen LogP contribution < -0.4 is 9.47 Å². The molecular formula is C15H21NO5. The molecule has 116 valence electrons. The van der Waals surface area contributed by atoms with Gasteiger partial charge in [-0.3, -0.25) is 4.90 Å². The number of likely N-dealkylation sites (tertiary alicyclic amines) is 1. The maximum absolute atomic E-state index is 10.5. The zero-order chi connectivity index (χ0) is 15.5. The van der Waals surface area contributed by atoms with Crippen LogP contribution >= 0.6 is 0 Å². The van der Waals surface area contributed by atoms with E-state index < -0.39 is 5.97 Å². The number of methoxy groups -OCH3 is 2. The van der Waals surface area contributed by atoms with Gasteiger partial charge in [0.1, 0.15) is 18.1 Å². The number of aliphatic carboxylic acids is 1. The predicted octanol–water partition coefficient (Wildman–Crippen LogP) is 1.38. The monoisotopic (exact) mass is 295 g/mol. The van der Waals surface area contributed by atoms with Gasteiger partial charge in [0.05, 0.1) is 19.8 Å². The third-order valence-electron chi connectivity index (χ3n) is 3.54. The summed E-state index contributed by atoms with van der Waals surface area (Å²) in [5, 5.41) is 8.65. The normalized spacial score (nSPS) is 17.1. The number of carboxylic acids is 1. The Morgan fingerprint density at radius 2 is 2.05 bits per heavy atom. The van der Waals surface area contributed by atoms with E-state index >= 15 is 0 Å². The lowest BCUT2D eigenvalue weighted by molar-refractivity contribution is -0.165. The molecule has 0 amide bonds. The fraction of sp³-hybridized carbons (Fsp3) is 0.533. The van der Waals surface area contributed by atoms with Crippen molar-refractivity contribution in [3.05, 3.63) is 23.8 Å². The number of ether oxygens (including phenoxy) is 3. The Balaban J connectivity index is 1.94. The highest BCUT2D eigenvalue weighted by Crippen LogP contribution is 2.30. The van der Waals surface area contributed by atoms with Gasteiger partial charge in [-0.1, -0.05) is 0 Å². The Hall–Kier alpha value is -1.79. The van der Waals surface area contributed by atoms with E-state index in [0.29, 0.717) is 19.6 Å². The molecule has 0 radical (unpaired) electrons. The molecule has 0 saturated carbocycles. The summed E-state index contributed by atoms with van der Waals surface area (Å²) in [5.41, 5.74) is 0.655. The van der Waals surface area contributed by atoms with E-state index in [1.807, 2.05) is 25.1 Å². The fourth-order valence-electron chi connectivity index (χ4n) is 2.59. The molecule has 1 aromatic carbocycles. The minimum absolute atomic E-state index is 0.257. The predicted molar refractivity (Wildman–Crippen MR) is 76.8 cm³/mol. The number of carbonyl (C=O) groups is 1. The second kappa shape index (κ2) is 6.32. The number of carboxylic acid groups (broad SMARTS) is 1. The van der Waals surface area contributed by atoms with Crippen molar-refractivity contribution in [3.63, 3.8) is 0 Å². The van der Waals surface area contributed by atoms with Crippen molar-refractivity contribution >= 4 is 5.97 Å². The molecular weight excluding hydrogens is 274 g/mol. The van der Waals surface area contributed by atoms with Crippen LogP contribution in [0.1, 0.15) is 12.5 Å². The van der Waals surface area contributed by atoms with Gasteiger partial charge in [0.15, 0.2) is 0 Å². The molecule has 1 heterocycles. The van der Waals surface area contributed by atoms with Crippen LogP contribution in [0.4, 0.5) is 0 Å². The Labute approximate surface area is 124 Å². The largest absolute Gasteiger partial charge is 0.497 e. The standard InChI is InChI=1S/C15H21NO5/c1-15(21-8-14(17)18)9-16(10-15)7-11-6-12(19-2)4-5-13(11)20-3/h4-6H,7-10H2,1-3H3,(H,17,18). The second-order valence-corrected chi connectivity index (χ2v) is 5.46. The summed E-state index contributed by atoms with van der Waals surface area (Å²) in [6.07, 6.45) is 0. The number of hydrogen-bond donors (Lipinski definition) is 1. The molecule has 1 saturated heterocycles. The summed E-state index contributed by atoms with van der Waals surface area (Å²) in [5.74, 6) is 0.663. The zero-order valence-corrected chi connectivity index (χ0v) is 12.6. The summed E-state index contributed by atoms with van der Waals surface area (Å²) in [7, 11) is 3.27. The molecule has 0 unspecified atom stereocenters. The summed E-state index contributed by atoms with van der Waals surface area (Å²) < 4.78 is 16.0. The van der Waals surface area contributed by atoms with Crippen LogP contribution in [0.3, 0.4) is 0 Å². The first-order valence-corrected chi connectivity index (χ1v) is 6.75. The summed E-state index contributed by atoms with van der Waals surface area (Å²) >= 11 is 0. The molecule has 1 aliphatic rings. The van der Waals surface area contributed by atoms with Gasteiger partial charge in [0, 0.05) is 25.2 Å². The van der Waals surface area contributed by atoms with Gasteiger partial charge in [0.25, 0.3) is 0 Å². The maximum atomic E-state index is 10.5. The van der Waals surface area contributed by atoms with E-state index in [2.05, 4.69) is 4.90 Å². The molecule has 0 bridgehead atoms. The van der Waals surface area contributed by atoms with Crippen molar-refractivity contribution in [2.75, 3.05) is 33.9 Å². The highest BCUT2D eigenvalue weighted by molar-refractivity contribution is 5.68. The quantitative estimate of drug-likeness (QED) is 0.819. The molecule has 1 aliphatic heterocycles. The average molecular weight is 295 g/mol. The maximum Gasteiger partial charge on any atom is 0.329 e. The third kappa shape index (κ3) is 3.86. The molecule has 2 rings (SSSR count). The first-order chi connectivity index (χ1) is 9.95. The molecule has 6 nitrogen and oxygen atoms in total. The van der Waals surface area contributed by atoms with Gasteiger partial charge < -0.3 is 19.3 Å². The van der Waals surface area contributed by atoms with Crippen LogP contribution in [0, 0.1) is 0 Å². The molecule has 0 aliphatic carbocycles. The summed E-state index contributed by atoms with van der Waals surface area (Å²) in [6, 6.07) is 5.69. The van der Waals surface area contributed by atoms with Crippen LogP contribution in [0.15, 0.2) is 18.2 Å². The molecule has 0 aromatic heterocycles. The minimum atomic E-state index is -0.941. The van der Waals surface area contributed by atoms with Crippen LogP contribution in [0.2, 0.25) is 0 Å². The van der Waals surface area contributed by atoms with Crippen molar-refractivity contribution in [2.24, 2.45) is 0 Å². The van der Waals surface area contributed by atoms with Gasteiger partial charge in [-0.15, -0.1) is 0 Å². The highest BCUT2D eigenvalue weighted by Gasteiger charge is 2.40. The molecule has 1 fully saturated rings. The minimum Gasteiger partial charge on any atom is -0.497 e. The number of benzene rings is 1. The summed E-state index contributed by atoms with van der Waals surface area (Å²) in [6.45, 7) is 3.77. The van der Waals surface area contributed by atoms with E-state index in [1.54, 1.807) is 14.2 Å². The van der Waals surface area contributed by atoms with Crippen molar-refractivity contribution in [3.8, 4) is 11.5 Å². The van der Waals surface area contributed by atoms with E-state index in [9.17, 15) is 4.79 Å². The van der Waals surface area contributed by atoms with Gasteiger partial charge in [0.2, 0.25) is 0 Å². The Morgan fingerprint density at radius 1 is 1.33 bits per heavy atom. The molecule has 0 spiro atoms. The van der Waals surface area contributed by atoms with Crippen molar-refractivity contribution < 1.29 is 24.1 Å². The Bertz CT molecular complexity index is 511. The first kappa shape index (κ1) is 15.6. The van der Waals surface area contributed by atoms with Gasteiger partial charge in [-0.05, 0) is 25.1 Å². The Kier molecular flexibility index (Phi) is 4.69. The summed E-state index contributed by atoms with van der Waals surface area (Å²) in [4.78, 5) is 12.7. The first-order valence-electron chi connectivity index (χ1n) is 6.75. The van der Waals surface area contributed by atoms with Gasteiger partial charge in [-0.25, -0.2) is 4.79 Å². The molecule has 1 N–H and O–H groups in total. The lowest BCUT2D eigenvalue weighted by Gasteiger charge is -2.47. The SMILES string of the molecule is COc1ccc(OC)c(CN2CC(C)(OCC(=O)O)C2)c1. The van der Waals surface area contributed by atoms with Gasteiger partial charge in [-0.2, -0.15) is 0 Å². The smallest absolute Gasteiger partial charge is 0.329 e. The van der Waals surface area contributed by atoms with Crippen molar-refractivity contribution in [1.29, 1.82) is 0 Å². The third-order valence-corrected chi connectivity index (χ3v) is 3.54. The van der Waals surface area contributed by atoms with Crippen molar-refractivity contribution in [1.82, 2.24) is 4.90 Å². The molecule has 21 heavy (non-hydrogen) atoms. The fourth-order valence-corrected chi connectivity index (χ4v) is 2.59. The van der Waals surface area contributed by atoms with Crippen LogP contribution in [-0.4, -0.2) is 55.5 Å². The van der Waals surface area contributed by atoms with E-state index in [-0.39, 0.29) is 12.2 Å². The number of hydrogen-bond acceptors (Lipinski definition) is 5. The van der Waals surface area contributed by atoms with E-state index in [1.165, 1.54) is 0 Å².